The molecule has 0 spiro atoms. The molecule has 0 saturated carbocycles. The number of benzene rings is 1. The second-order valence-electron chi connectivity index (χ2n) is 4.59. The van der Waals surface area contributed by atoms with E-state index in [1.807, 2.05) is 24.3 Å². The quantitative estimate of drug-likeness (QED) is 0.581. The van der Waals surface area contributed by atoms with Crippen LogP contribution in [0.2, 0.25) is 0 Å². The first-order valence-electron chi connectivity index (χ1n) is 6.28. The number of carbonyl (C=O) groups is 1. The van der Waals surface area contributed by atoms with E-state index in [1.165, 1.54) is 0 Å². The number of amides is 1. The molecule has 0 heterocycles. The average Bonchev–Trinajstić information content (AvgIpc) is 2.37. The van der Waals surface area contributed by atoms with Crippen LogP contribution in [0, 0.1) is 18.3 Å². The van der Waals surface area contributed by atoms with Crippen LogP contribution in [0.1, 0.15) is 13.8 Å². The number of ether oxygens (including phenoxy) is 1. The minimum absolute atomic E-state index is 0.128. The van der Waals surface area contributed by atoms with Gasteiger partial charge in [-0.05, 0) is 18.1 Å². The Morgan fingerprint density at radius 2 is 2.26 bits per heavy atom. The Labute approximate surface area is 114 Å². The topological polar surface area (TPSA) is 50.4 Å². The predicted molar refractivity (Wildman–Crippen MR) is 77.1 cm³/mol. The average molecular weight is 260 g/mol. The fourth-order valence-electron chi connectivity index (χ4n) is 1.38. The van der Waals surface area contributed by atoms with E-state index in [0.717, 1.165) is 5.75 Å². The molecule has 2 N–H and O–H groups in total. The molecule has 1 amide bonds. The molecule has 0 bridgehead atoms. The third-order valence-corrected chi connectivity index (χ3v) is 2.21. The Bertz CT molecular complexity index is 450. The van der Waals surface area contributed by atoms with Gasteiger partial charge in [0.2, 0.25) is 5.91 Å². The zero-order valence-electron chi connectivity index (χ0n) is 11.4. The van der Waals surface area contributed by atoms with Crippen LogP contribution in [0.3, 0.4) is 0 Å². The summed E-state index contributed by atoms with van der Waals surface area (Å²) in [6.45, 7) is 5.40. The van der Waals surface area contributed by atoms with Gasteiger partial charge in [0.15, 0.2) is 0 Å². The minimum Gasteiger partial charge on any atom is -0.493 e. The SMILES string of the molecule is C#CCNCC(=O)Nc1cccc(OCC(C)C)c1. The van der Waals surface area contributed by atoms with E-state index in [1.54, 1.807) is 0 Å². The van der Waals surface area contributed by atoms with E-state index < -0.39 is 0 Å². The van der Waals surface area contributed by atoms with Gasteiger partial charge in [-0.3, -0.25) is 10.1 Å². The van der Waals surface area contributed by atoms with Gasteiger partial charge in [0.25, 0.3) is 0 Å². The number of carbonyl (C=O) groups excluding carboxylic acids is 1. The summed E-state index contributed by atoms with van der Waals surface area (Å²) in [6.07, 6.45) is 5.08. The summed E-state index contributed by atoms with van der Waals surface area (Å²) < 4.78 is 5.59. The molecule has 4 nitrogen and oxygen atoms in total. The summed E-state index contributed by atoms with van der Waals surface area (Å²) in [4.78, 5) is 11.6. The lowest BCUT2D eigenvalue weighted by molar-refractivity contribution is -0.115. The highest BCUT2D eigenvalue weighted by Gasteiger charge is 2.03. The third-order valence-electron chi connectivity index (χ3n) is 2.21. The van der Waals surface area contributed by atoms with Gasteiger partial charge < -0.3 is 10.1 Å². The Balaban J connectivity index is 2.47. The molecule has 0 unspecified atom stereocenters. The Hall–Kier alpha value is -1.99. The standard InChI is InChI=1S/C15H20N2O2/c1-4-8-16-10-15(18)17-13-6-5-7-14(9-13)19-11-12(2)3/h1,5-7,9,12,16H,8,10-11H2,2-3H3,(H,17,18). The molecular formula is C15H20N2O2. The van der Waals surface area contributed by atoms with Gasteiger partial charge in [-0.15, -0.1) is 6.42 Å². The normalized spacial score (nSPS) is 10.0. The van der Waals surface area contributed by atoms with Crippen LogP contribution >= 0.6 is 0 Å². The molecule has 0 aliphatic rings. The van der Waals surface area contributed by atoms with Crippen molar-refractivity contribution in [3.63, 3.8) is 0 Å². The molecule has 0 fully saturated rings. The van der Waals surface area contributed by atoms with Gasteiger partial charge in [0, 0.05) is 11.8 Å². The second-order valence-corrected chi connectivity index (χ2v) is 4.59. The monoisotopic (exact) mass is 260 g/mol. The number of anilines is 1. The van der Waals surface area contributed by atoms with Gasteiger partial charge in [0.1, 0.15) is 5.75 Å². The molecular weight excluding hydrogens is 240 g/mol. The molecule has 1 rings (SSSR count). The van der Waals surface area contributed by atoms with Crippen LogP contribution < -0.4 is 15.4 Å². The van der Waals surface area contributed by atoms with Crippen molar-refractivity contribution in [3.8, 4) is 18.1 Å². The summed E-state index contributed by atoms with van der Waals surface area (Å²) in [5.41, 5.74) is 0.716. The van der Waals surface area contributed by atoms with Crippen molar-refractivity contribution in [1.29, 1.82) is 0 Å². The summed E-state index contributed by atoms with van der Waals surface area (Å²) in [5.74, 6) is 3.50. The summed E-state index contributed by atoms with van der Waals surface area (Å²) in [5, 5.41) is 5.61. The Morgan fingerprint density at radius 1 is 1.47 bits per heavy atom. The van der Waals surface area contributed by atoms with E-state index in [0.29, 0.717) is 24.8 Å². The fraction of sp³-hybridized carbons (Fsp3) is 0.400. The van der Waals surface area contributed by atoms with Crippen molar-refractivity contribution in [1.82, 2.24) is 5.32 Å². The summed E-state index contributed by atoms with van der Waals surface area (Å²) in [6, 6.07) is 7.34. The lowest BCUT2D eigenvalue weighted by atomic mass is 10.2. The number of terminal acetylenes is 1. The van der Waals surface area contributed by atoms with Crippen molar-refractivity contribution < 1.29 is 9.53 Å². The number of hydrogen-bond donors (Lipinski definition) is 2. The van der Waals surface area contributed by atoms with E-state index >= 15 is 0 Å². The van der Waals surface area contributed by atoms with Crippen molar-refractivity contribution in [2.45, 2.75) is 13.8 Å². The van der Waals surface area contributed by atoms with Crippen LogP contribution in [-0.4, -0.2) is 25.6 Å². The molecule has 0 atom stereocenters. The smallest absolute Gasteiger partial charge is 0.238 e. The molecule has 1 aromatic rings. The van der Waals surface area contributed by atoms with Gasteiger partial charge >= 0.3 is 0 Å². The first-order chi connectivity index (χ1) is 9.11. The molecule has 0 aromatic heterocycles. The van der Waals surface area contributed by atoms with Crippen LogP contribution in [0.4, 0.5) is 5.69 Å². The molecule has 0 radical (unpaired) electrons. The highest BCUT2D eigenvalue weighted by Crippen LogP contribution is 2.17. The number of rotatable bonds is 7. The maximum absolute atomic E-state index is 11.6. The zero-order chi connectivity index (χ0) is 14.1. The minimum atomic E-state index is -0.128. The van der Waals surface area contributed by atoms with Crippen molar-refractivity contribution in [2.24, 2.45) is 5.92 Å². The Kier molecular flexibility index (Phi) is 6.48. The van der Waals surface area contributed by atoms with Crippen molar-refractivity contribution >= 4 is 11.6 Å². The largest absolute Gasteiger partial charge is 0.493 e. The van der Waals surface area contributed by atoms with Gasteiger partial charge in [-0.1, -0.05) is 25.8 Å². The van der Waals surface area contributed by atoms with Gasteiger partial charge in [-0.25, -0.2) is 0 Å². The van der Waals surface area contributed by atoms with Crippen LogP contribution in [0.5, 0.6) is 5.75 Å². The molecule has 0 aliphatic carbocycles. The maximum Gasteiger partial charge on any atom is 0.238 e. The van der Waals surface area contributed by atoms with E-state index in [4.69, 9.17) is 11.2 Å². The lowest BCUT2D eigenvalue weighted by Crippen LogP contribution is -2.28. The second kappa shape index (κ2) is 8.17. The molecule has 4 heteroatoms. The van der Waals surface area contributed by atoms with E-state index in [9.17, 15) is 4.79 Å². The molecule has 102 valence electrons. The highest BCUT2D eigenvalue weighted by atomic mass is 16.5. The Morgan fingerprint density at radius 3 is 2.95 bits per heavy atom. The molecule has 1 aromatic carbocycles. The highest BCUT2D eigenvalue weighted by molar-refractivity contribution is 5.92. The van der Waals surface area contributed by atoms with E-state index in [2.05, 4.69) is 30.4 Å². The van der Waals surface area contributed by atoms with Crippen LogP contribution in [-0.2, 0) is 4.79 Å². The molecule has 0 aliphatic heterocycles. The van der Waals surface area contributed by atoms with Crippen molar-refractivity contribution in [3.05, 3.63) is 24.3 Å². The summed E-state index contributed by atoms with van der Waals surface area (Å²) >= 11 is 0. The fourth-order valence-corrected chi connectivity index (χ4v) is 1.38. The van der Waals surface area contributed by atoms with Crippen LogP contribution in [0.15, 0.2) is 24.3 Å². The van der Waals surface area contributed by atoms with Gasteiger partial charge in [0.05, 0.1) is 19.7 Å². The number of nitrogens with one attached hydrogen (secondary N) is 2. The molecule has 19 heavy (non-hydrogen) atoms. The predicted octanol–water partition coefficient (Wildman–Crippen LogP) is 1.88. The lowest BCUT2D eigenvalue weighted by Gasteiger charge is -2.10. The van der Waals surface area contributed by atoms with Gasteiger partial charge in [-0.2, -0.15) is 0 Å². The molecule has 0 saturated heterocycles. The zero-order valence-corrected chi connectivity index (χ0v) is 11.4. The van der Waals surface area contributed by atoms with Crippen molar-refractivity contribution in [2.75, 3.05) is 25.0 Å². The van der Waals surface area contributed by atoms with E-state index in [-0.39, 0.29) is 12.5 Å². The number of hydrogen-bond acceptors (Lipinski definition) is 3. The maximum atomic E-state index is 11.6. The van der Waals surface area contributed by atoms with Crippen LogP contribution in [0.25, 0.3) is 0 Å². The summed E-state index contributed by atoms with van der Waals surface area (Å²) in [7, 11) is 0. The first-order valence-corrected chi connectivity index (χ1v) is 6.28. The third kappa shape index (κ3) is 6.49. The first kappa shape index (κ1) is 15.1.